The Morgan fingerprint density at radius 3 is 2.88 bits per heavy atom. The monoisotopic (exact) mass is 366 g/mol. The van der Waals surface area contributed by atoms with Gasteiger partial charge in [0.25, 0.3) is 5.56 Å². The van der Waals surface area contributed by atoms with E-state index in [1.54, 1.807) is 22.8 Å². The van der Waals surface area contributed by atoms with Crippen molar-refractivity contribution in [3.05, 3.63) is 33.6 Å². The number of halogens is 1. The first-order chi connectivity index (χ1) is 11.5. The summed E-state index contributed by atoms with van der Waals surface area (Å²) in [6.07, 6.45) is 1.50. The maximum Gasteiger partial charge on any atom is 0.319 e. The highest BCUT2D eigenvalue weighted by Gasteiger charge is 2.29. The van der Waals surface area contributed by atoms with Gasteiger partial charge in [-0.3, -0.25) is 14.2 Å². The summed E-state index contributed by atoms with van der Waals surface area (Å²) in [7, 11) is 0. The van der Waals surface area contributed by atoms with Gasteiger partial charge in [0.15, 0.2) is 5.16 Å². The molecular weight excluding hydrogens is 348 g/mol. The van der Waals surface area contributed by atoms with Gasteiger partial charge in [0.1, 0.15) is 5.25 Å². The van der Waals surface area contributed by atoms with Gasteiger partial charge in [0, 0.05) is 18.0 Å². The molecule has 0 spiro atoms. The number of cyclic esters (lactones) is 1. The van der Waals surface area contributed by atoms with Gasteiger partial charge in [-0.2, -0.15) is 0 Å². The SMILES string of the molecule is CC(C)CCn1c(S[C@H]2CCOC2=O)nc2cc(Cl)ccc2c1=O. The molecule has 1 fully saturated rings. The molecule has 1 atom stereocenters. The lowest BCUT2D eigenvalue weighted by molar-refractivity contribution is -0.137. The number of hydrogen-bond donors (Lipinski definition) is 0. The quantitative estimate of drug-likeness (QED) is 0.598. The van der Waals surface area contributed by atoms with Crippen LogP contribution in [-0.2, 0) is 16.1 Å². The van der Waals surface area contributed by atoms with Gasteiger partial charge in [0.2, 0.25) is 0 Å². The number of rotatable bonds is 5. The Balaban J connectivity index is 2.06. The predicted octanol–water partition coefficient (Wildman–Crippen LogP) is 3.50. The zero-order valence-corrected chi connectivity index (χ0v) is 15.2. The van der Waals surface area contributed by atoms with Gasteiger partial charge in [-0.15, -0.1) is 0 Å². The summed E-state index contributed by atoms with van der Waals surface area (Å²) in [5, 5.41) is 1.32. The van der Waals surface area contributed by atoms with E-state index < -0.39 is 0 Å². The normalized spacial score (nSPS) is 17.7. The molecule has 1 saturated heterocycles. The molecule has 0 amide bonds. The maximum atomic E-state index is 12.9. The molecule has 1 aromatic carbocycles. The van der Waals surface area contributed by atoms with Crippen molar-refractivity contribution in [3.63, 3.8) is 0 Å². The highest BCUT2D eigenvalue weighted by atomic mass is 35.5. The van der Waals surface area contributed by atoms with Crippen LogP contribution in [0.15, 0.2) is 28.2 Å². The molecule has 0 bridgehead atoms. The highest BCUT2D eigenvalue weighted by molar-refractivity contribution is 8.00. The van der Waals surface area contributed by atoms with Gasteiger partial charge in [-0.05, 0) is 30.5 Å². The first kappa shape index (κ1) is 17.3. The molecule has 1 aromatic heterocycles. The van der Waals surface area contributed by atoms with Crippen molar-refractivity contribution in [2.75, 3.05) is 6.61 Å². The van der Waals surface area contributed by atoms with E-state index in [0.717, 1.165) is 6.42 Å². The lowest BCUT2D eigenvalue weighted by Crippen LogP contribution is -2.25. The minimum Gasteiger partial charge on any atom is -0.465 e. The topological polar surface area (TPSA) is 61.2 Å². The van der Waals surface area contributed by atoms with Crippen LogP contribution in [0.25, 0.3) is 10.9 Å². The van der Waals surface area contributed by atoms with Crippen molar-refractivity contribution in [1.82, 2.24) is 9.55 Å². The second-order valence-electron chi connectivity index (χ2n) is 6.26. The van der Waals surface area contributed by atoms with Crippen LogP contribution in [0.4, 0.5) is 0 Å². The highest BCUT2D eigenvalue weighted by Crippen LogP contribution is 2.29. The molecule has 128 valence electrons. The molecule has 24 heavy (non-hydrogen) atoms. The van der Waals surface area contributed by atoms with Crippen LogP contribution in [0.3, 0.4) is 0 Å². The third-order valence-electron chi connectivity index (χ3n) is 3.95. The predicted molar refractivity (Wildman–Crippen MR) is 95.7 cm³/mol. The van der Waals surface area contributed by atoms with Crippen molar-refractivity contribution in [1.29, 1.82) is 0 Å². The van der Waals surface area contributed by atoms with Gasteiger partial charge in [-0.1, -0.05) is 37.2 Å². The zero-order valence-electron chi connectivity index (χ0n) is 13.6. The van der Waals surface area contributed by atoms with E-state index in [1.165, 1.54) is 11.8 Å². The molecule has 7 heteroatoms. The van der Waals surface area contributed by atoms with E-state index in [0.29, 0.717) is 46.6 Å². The molecule has 0 saturated carbocycles. The average molecular weight is 367 g/mol. The summed E-state index contributed by atoms with van der Waals surface area (Å²) >= 11 is 7.34. The molecule has 2 heterocycles. The number of hydrogen-bond acceptors (Lipinski definition) is 5. The van der Waals surface area contributed by atoms with Crippen LogP contribution < -0.4 is 5.56 Å². The zero-order chi connectivity index (χ0) is 17.3. The largest absolute Gasteiger partial charge is 0.465 e. The number of carbonyl (C=O) groups excluding carboxylic acids is 1. The molecule has 0 radical (unpaired) electrons. The van der Waals surface area contributed by atoms with E-state index in [1.807, 2.05) is 0 Å². The lowest BCUT2D eigenvalue weighted by atomic mass is 10.1. The van der Waals surface area contributed by atoms with Gasteiger partial charge < -0.3 is 4.74 Å². The van der Waals surface area contributed by atoms with Gasteiger partial charge in [0.05, 0.1) is 17.5 Å². The fourth-order valence-corrected chi connectivity index (χ4v) is 3.81. The summed E-state index contributed by atoms with van der Waals surface area (Å²) < 4.78 is 6.69. The number of carbonyl (C=O) groups is 1. The van der Waals surface area contributed by atoms with Crippen LogP contribution in [0.2, 0.25) is 5.02 Å². The summed E-state index contributed by atoms with van der Waals surface area (Å²) in [6.45, 7) is 5.22. The van der Waals surface area contributed by atoms with Gasteiger partial charge in [-0.25, -0.2) is 4.98 Å². The van der Waals surface area contributed by atoms with Crippen LogP contribution in [-0.4, -0.2) is 27.4 Å². The Morgan fingerprint density at radius 1 is 1.42 bits per heavy atom. The van der Waals surface area contributed by atoms with E-state index in [2.05, 4.69) is 18.8 Å². The third-order valence-corrected chi connectivity index (χ3v) is 5.42. The van der Waals surface area contributed by atoms with Crippen molar-refractivity contribution < 1.29 is 9.53 Å². The minimum absolute atomic E-state index is 0.0915. The third kappa shape index (κ3) is 3.59. The van der Waals surface area contributed by atoms with Crippen LogP contribution in [0, 0.1) is 5.92 Å². The number of esters is 1. The van der Waals surface area contributed by atoms with Crippen molar-refractivity contribution in [3.8, 4) is 0 Å². The molecule has 5 nitrogen and oxygen atoms in total. The molecule has 3 rings (SSSR count). The summed E-state index contributed by atoms with van der Waals surface area (Å²) in [4.78, 5) is 29.3. The number of nitrogens with zero attached hydrogens (tertiary/aromatic N) is 2. The van der Waals surface area contributed by atoms with Crippen LogP contribution in [0.1, 0.15) is 26.7 Å². The Bertz CT molecular complexity index is 834. The summed E-state index contributed by atoms with van der Waals surface area (Å²) in [5.74, 6) is 0.225. The van der Waals surface area contributed by atoms with E-state index in [4.69, 9.17) is 16.3 Å². The summed E-state index contributed by atoms with van der Waals surface area (Å²) in [5.41, 5.74) is 0.466. The van der Waals surface area contributed by atoms with Gasteiger partial charge >= 0.3 is 5.97 Å². The Kier molecular flexibility index (Phi) is 5.15. The second-order valence-corrected chi connectivity index (χ2v) is 7.86. The minimum atomic E-state index is -0.307. The number of benzene rings is 1. The lowest BCUT2D eigenvalue weighted by Gasteiger charge is -2.15. The molecule has 2 aromatic rings. The molecule has 0 N–H and O–H groups in total. The first-order valence-corrected chi connectivity index (χ1v) is 9.25. The van der Waals surface area contributed by atoms with Crippen molar-refractivity contribution in [2.45, 2.75) is 43.6 Å². The molecule has 1 aliphatic rings. The Labute approximate surface area is 149 Å². The van der Waals surface area contributed by atoms with Crippen molar-refractivity contribution >= 4 is 40.2 Å². The number of thioether (sulfide) groups is 1. The molecule has 0 aliphatic carbocycles. The Morgan fingerprint density at radius 2 is 2.21 bits per heavy atom. The van der Waals surface area contributed by atoms with E-state index in [9.17, 15) is 9.59 Å². The maximum absolute atomic E-state index is 12.9. The molecule has 1 aliphatic heterocycles. The van der Waals surface area contributed by atoms with Crippen molar-refractivity contribution in [2.24, 2.45) is 5.92 Å². The van der Waals surface area contributed by atoms with Crippen LogP contribution >= 0.6 is 23.4 Å². The first-order valence-electron chi connectivity index (χ1n) is 7.99. The van der Waals surface area contributed by atoms with Crippen LogP contribution in [0.5, 0.6) is 0 Å². The molecule has 0 unspecified atom stereocenters. The standard InChI is InChI=1S/C17H19ClN2O3S/c1-10(2)5-7-20-15(21)12-4-3-11(18)9-13(12)19-17(20)24-14-6-8-23-16(14)22/h3-4,9-10,14H,5-8H2,1-2H3/t14-/m0/s1. The molecular formula is C17H19ClN2O3S. The van der Waals surface area contributed by atoms with E-state index in [-0.39, 0.29) is 16.8 Å². The van der Waals surface area contributed by atoms with E-state index >= 15 is 0 Å². The summed E-state index contributed by atoms with van der Waals surface area (Å²) in [6, 6.07) is 5.08. The number of fused-ring (bicyclic) bond motifs is 1. The fourth-order valence-electron chi connectivity index (χ4n) is 2.56. The number of aromatic nitrogens is 2. The second kappa shape index (κ2) is 7.15. The Hall–Kier alpha value is -1.53. The number of ether oxygens (including phenoxy) is 1. The fraction of sp³-hybridized carbons (Fsp3) is 0.471. The average Bonchev–Trinajstić information content (AvgIpc) is 2.91. The smallest absolute Gasteiger partial charge is 0.319 e.